The van der Waals surface area contributed by atoms with Crippen LogP contribution in [0.15, 0.2) is 0 Å². The molecule has 5 nitrogen and oxygen atoms in total. The monoisotopic (exact) mass is 316 g/mol. The number of cyclic esters (lactones) is 1. The molecular formula is C15H22F2N2O3. The molecule has 1 saturated heterocycles. The van der Waals surface area contributed by atoms with Gasteiger partial charge in [-0.05, 0) is 32.6 Å². The largest absolute Gasteiger partial charge is 0.461 e. The Morgan fingerprint density at radius 1 is 1.32 bits per heavy atom. The van der Waals surface area contributed by atoms with Crippen molar-refractivity contribution in [1.82, 2.24) is 10.6 Å². The molecule has 22 heavy (non-hydrogen) atoms. The lowest BCUT2D eigenvalue weighted by Gasteiger charge is -2.43. The smallest absolute Gasteiger partial charge is 0.332 e. The molecular weight excluding hydrogens is 294 g/mol. The normalized spacial score (nSPS) is 40.4. The lowest BCUT2D eigenvalue weighted by molar-refractivity contribution is -0.154. The Bertz CT molecular complexity index is 495. The maximum atomic E-state index is 14.2. The average molecular weight is 316 g/mol. The van der Waals surface area contributed by atoms with Crippen molar-refractivity contribution in [3.63, 3.8) is 0 Å². The third kappa shape index (κ3) is 2.34. The number of alkyl halides is 2. The van der Waals surface area contributed by atoms with Crippen LogP contribution in [0.25, 0.3) is 0 Å². The number of nitrogens with one attached hydrogen (secondary N) is 2. The Morgan fingerprint density at radius 2 is 2.00 bits per heavy atom. The predicted octanol–water partition coefficient (Wildman–Crippen LogP) is 2.20. The van der Waals surface area contributed by atoms with Crippen molar-refractivity contribution < 1.29 is 23.1 Å². The van der Waals surface area contributed by atoms with Gasteiger partial charge in [-0.1, -0.05) is 6.92 Å². The van der Waals surface area contributed by atoms with Crippen LogP contribution < -0.4 is 10.6 Å². The first-order chi connectivity index (χ1) is 10.2. The standard InChI is InChI=1S/C15H22F2N2O3/c1-8-6-11-9(2)22-12(20)14(11,7-15(8,16)17)19-13(21)18-10-4-3-5-10/h8-11H,3-7H2,1-2H3,(H2,18,19,21). The summed E-state index contributed by atoms with van der Waals surface area (Å²) in [4.78, 5) is 24.4. The third-order valence-corrected chi connectivity index (χ3v) is 5.48. The topological polar surface area (TPSA) is 67.4 Å². The van der Waals surface area contributed by atoms with E-state index in [4.69, 9.17) is 4.74 Å². The minimum absolute atomic E-state index is 0.0766. The fourth-order valence-corrected chi connectivity index (χ4v) is 3.77. The highest BCUT2D eigenvalue weighted by molar-refractivity contribution is 5.90. The van der Waals surface area contributed by atoms with Crippen LogP contribution in [-0.4, -0.2) is 35.6 Å². The first kappa shape index (κ1) is 15.5. The summed E-state index contributed by atoms with van der Waals surface area (Å²) in [6.07, 6.45) is 1.83. The van der Waals surface area contributed by atoms with Crippen molar-refractivity contribution in [2.75, 3.05) is 0 Å². The van der Waals surface area contributed by atoms with E-state index in [0.29, 0.717) is 0 Å². The summed E-state index contributed by atoms with van der Waals surface area (Å²) in [5, 5.41) is 5.29. The van der Waals surface area contributed by atoms with Crippen molar-refractivity contribution in [2.24, 2.45) is 11.8 Å². The van der Waals surface area contributed by atoms with Gasteiger partial charge in [0.1, 0.15) is 6.10 Å². The molecule has 7 heteroatoms. The first-order valence-corrected chi connectivity index (χ1v) is 7.92. The van der Waals surface area contributed by atoms with Gasteiger partial charge in [0.2, 0.25) is 0 Å². The zero-order chi connectivity index (χ0) is 16.1. The Balaban J connectivity index is 1.81. The maximum absolute atomic E-state index is 14.2. The molecule has 0 aromatic rings. The highest BCUT2D eigenvalue weighted by atomic mass is 19.3. The van der Waals surface area contributed by atoms with Gasteiger partial charge >= 0.3 is 12.0 Å². The van der Waals surface area contributed by atoms with Gasteiger partial charge in [0, 0.05) is 24.3 Å². The third-order valence-electron chi connectivity index (χ3n) is 5.48. The van der Waals surface area contributed by atoms with E-state index >= 15 is 0 Å². The van der Waals surface area contributed by atoms with Gasteiger partial charge in [0.15, 0.2) is 5.54 Å². The van der Waals surface area contributed by atoms with Crippen LogP contribution >= 0.6 is 0 Å². The summed E-state index contributed by atoms with van der Waals surface area (Å²) in [7, 11) is 0. The first-order valence-electron chi connectivity index (χ1n) is 7.92. The Kier molecular flexibility index (Phi) is 3.57. The van der Waals surface area contributed by atoms with E-state index < -0.39 is 47.8 Å². The minimum Gasteiger partial charge on any atom is -0.461 e. The second kappa shape index (κ2) is 5.06. The fraction of sp³-hybridized carbons (Fsp3) is 0.867. The minimum atomic E-state index is -3.00. The van der Waals surface area contributed by atoms with Gasteiger partial charge < -0.3 is 15.4 Å². The molecule has 0 spiro atoms. The number of fused-ring (bicyclic) bond motifs is 1. The van der Waals surface area contributed by atoms with Crippen molar-refractivity contribution in [3.8, 4) is 0 Å². The molecule has 4 atom stereocenters. The van der Waals surface area contributed by atoms with Crippen LogP contribution in [0.4, 0.5) is 13.6 Å². The predicted molar refractivity (Wildman–Crippen MR) is 74.4 cm³/mol. The van der Waals surface area contributed by atoms with Crippen LogP contribution in [0.5, 0.6) is 0 Å². The average Bonchev–Trinajstić information content (AvgIpc) is 2.57. The second-order valence-electron chi connectivity index (χ2n) is 6.99. The number of amides is 2. The summed E-state index contributed by atoms with van der Waals surface area (Å²) in [5.41, 5.74) is -1.61. The van der Waals surface area contributed by atoms with Gasteiger partial charge in [-0.25, -0.2) is 18.4 Å². The fourth-order valence-electron chi connectivity index (χ4n) is 3.77. The number of hydrogen-bond acceptors (Lipinski definition) is 3. The molecule has 2 saturated carbocycles. The van der Waals surface area contributed by atoms with E-state index in [1.165, 1.54) is 6.92 Å². The highest BCUT2D eigenvalue weighted by Gasteiger charge is 2.65. The number of halogens is 2. The molecule has 2 amide bonds. The quantitative estimate of drug-likeness (QED) is 0.768. The number of hydrogen-bond donors (Lipinski definition) is 2. The van der Waals surface area contributed by atoms with Crippen LogP contribution in [0.1, 0.15) is 46.0 Å². The van der Waals surface area contributed by atoms with Gasteiger partial charge in [-0.3, -0.25) is 0 Å². The molecule has 0 bridgehead atoms. The van der Waals surface area contributed by atoms with E-state index in [9.17, 15) is 18.4 Å². The highest BCUT2D eigenvalue weighted by Crippen LogP contribution is 2.51. The molecule has 0 radical (unpaired) electrons. The van der Waals surface area contributed by atoms with Crippen molar-refractivity contribution in [2.45, 2.75) is 69.6 Å². The van der Waals surface area contributed by atoms with Gasteiger partial charge in [-0.2, -0.15) is 0 Å². The van der Waals surface area contributed by atoms with Crippen LogP contribution in [-0.2, 0) is 9.53 Å². The number of carbonyl (C=O) groups is 2. The van der Waals surface area contributed by atoms with E-state index in [1.54, 1.807) is 6.92 Å². The Labute approximate surface area is 128 Å². The van der Waals surface area contributed by atoms with E-state index in [2.05, 4.69) is 10.6 Å². The van der Waals surface area contributed by atoms with Crippen LogP contribution in [0, 0.1) is 11.8 Å². The Hall–Kier alpha value is -1.40. The summed E-state index contributed by atoms with van der Waals surface area (Å²) in [6.45, 7) is 3.18. The van der Waals surface area contributed by atoms with Crippen molar-refractivity contribution in [3.05, 3.63) is 0 Å². The number of esters is 1. The lowest BCUT2D eigenvalue weighted by atomic mass is 9.67. The van der Waals surface area contributed by atoms with Gasteiger partial charge in [0.25, 0.3) is 5.92 Å². The SMILES string of the molecule is CC1OC(=O)C2(NC(=O)NC3CCC3)CC(F)(F)C(C)CC12. The molecule has 1 heterocycles. The zero-order valence-corrected chi connectivity index (χ0v) is 12.8. The molecule has 1 aliphatic heterocycles. The van der Waals surface area contributed by atoms with E-state index in [1.807, 2.05) is 0 Å². The second-order valence-corrected chi connectivity index (χ2v) is 6.99. The lowest BCUT2D eigenvalue weighted by Crippen LogP contribution is -2.65. The summed E-state index contributed by atoms with van der Waals surface area (Å²) < 4.78 is 33.6. The van der Waals surface area contributed by atoms with E-state index in [-0.39, 0.29) is 12.5 Å². The maximum Gasteiger partial charge on any atom is 0.332 e. The summed E-state index contributed by atoms with van der Waals surface area (Å²) in [5.74, 6) is -4.98. The van der Waals surface area contributed by atoms with E-state index in [0.717, 1.165) is 19.3 Å². The van der Waals surface area contributed by atoms with Crippen LogP contribution in [0.3, 0.4) is 0 Å². The molecule has 0 aromatic carbocycles. The number of rotatable bonds is 2. The van der Waals surface area contributed by atoms with Gasteiger partial charge in [-0.15, -0.1) is 0 Å². The summed E-state index contributed by atoms with van der Waals surface area (Å²) in [6, 6.07) is -0.473. The van der Waals surface area contributed by atoms with Crippen molar-refractivity contribution >= 4 is 12.0 Å². The van der Waals surface area contributed by atoms with Crippen molar-refractivity contribution in [1.29, 1.82) is 0 Å². The molecule has 3 aliphatic rings. The molecule has 0 aromatic heterocycles. The number of urea groups is 1. The molecule has 124 valence electrons. The zero-order valence-electron chi connectivity index (χ0n) is 12.8. The molecule has 3 fully saturated rings. The molecule has 4 unspecified atom stereocenters. The summed E-state index contributed by atoms with van der Waals surface area (Å²) >= 11 is 0. The van der Waals surface area contributed by atoms with Crippen LogP contribution in [0.2, 0.25) is 0 Å². The molecule has 2 N–H and O–H groups in total. The molecule has 3 rings (SSSR count). The number of ether oxygens (including phenoxy) is 1. The Morgan fingerprint density at radius 3 is 2.59 bits per heavy atom. The number of carbonyl (C=O) groups excluding carboxylic acids is 2. The molecule has 2 aliphatic carbocycles. The van der Waals surface area contributed by atoms with Gasteiger partial charge in [0.05, 0.1) is 0 Å².